The largest absolute Gasteiger partial charge is 0.497 e. The van der Waals surface area contributed by atoms with Gasteiger partial charge in [-0.15, -0.1) is 0 Å². The highest BCUT2D eigenvalue weighted by Crippen LogP contribution is 2.29. The molecule has 114 valence electrons. The molecule has 1 rings (SSSR count). The number of methoxy groups -OCH3 is 1. The van der Waals surface area contributed by atoms with Crippen LogP contribution >= 0.6 is 0 Å². The van der Waals surface area contributed by atoms with E-state index in [1.54, 1.807) is 7.11 Å². The minimum atomic E-state index is 0.150. The average Bonchev–Trinajstić information content (AvgIpc) is 2.51. The molecule has 2 N–H and O–H groups in total. The summed E-state index contributed by atoms with van der Waals surface area (Å²) in [6, 6.07) is 9.28. The third-order valence-corrected chi connectivity index (χ3v) is 4.21. The normalized spacial score (nSPS) is 15.9. The second kappa shape index (κ2) is 8.28. The summed E-state index contributed by atoms with van der Waals surface area (Å²) in [5, 5.41) is 0. The third-order valence-electron chi connectivity index (χ3n) is 4.21. The standard InChI is InChI=1S/C17H30N2O/c1-6-13(4)19(8-3)17(16(18)7-2)14-9-11-15(20-5)12-10-14/h9-13,16-17H,6-8,18H2,1-5H3. The first-order chi connectivity index (χ1) is 9.58. The van der Waals surface area contributed by atoms with Gasteiger partial charge in [-0.3, -0.25) is 4.90 Å². The van der Waals surface area contributed by atoms with Crippen LogP contribution in [-0.4, -0.2) is 30.6 Å². The SMILES string of the molecule is CCC(N)C(c1ccc(OC)cc1)N(CC)C(C)CC. The van der Waals surface area contributed by atoms with Gasteiger partial charge in [0.15, 0.2) is 0 Å². The molecule has 3 unspecified atom stereocenters. The summed E-state index contributed by atoms with van der Waals surface area (Å²) in [6.07, 6.45) is 2.11. The van der Waals surface area contributed by atoms with Gasteiger partial charge in [-0.2, -0.15) is 0 Å². The molecular formula is C17H30N2O. The summed E-state index contributed by atoms with van der Waals surface area (Å²) in [6.45, 7) is 9.90. The van der Waals surface area contributed by atoms with Crippen molar-refractivity contribution in [3.05, 3.63) is 29.8 Å². The van der Waals surface area contributed by atoms with Gasteiger partial charge in [-0.1, -0.05) is 32.9 Å². The fourth-order valence-corrected chi connectivity index (χ4v) is 2.73. The Kier molecular flexibility index (Phi) is 7.03. The molecule has 3 heteroatoms. The van der Waals surface area contributed by atoms with E-state index in [1.165, 1.54) is 5.56 Å². The Morgan fingerprint density at radius 2 is 1.70 bits per heavy atom. The van der Waals surface area contributed by atoms with Crippen LogP contribution in [0.4, 0.5) is 0 Å². The van der Waals surface area contributed by atoms with E-state index in [0.717, 1.165) is 25.1 Å². The van der Waals surface area contributed by atoms with E-state index in [4.69, 9.17) is 10.5 Å². The van der Waals surface area contributed by atoms with Crippen LogP contribution in [-0.2, 0) is 0 Å². The minimum absolute atomic E-state index is 0.150. The van der Waals surface area contributed by atoms with Crippen molar-refractivity contribution >= 4 is 0 Å². The Morgan fingerprint density at radius 1 is 1.10 bits per heavy atom. The maximum atomic E-state index is 6.42. The van der Waals surface area contributed by atoms with Crippen LogP contribution in [0.5, 0.6) is 5.75 Å². The molecule has 0 amide bonds. The summed E-state index contributed by atoms with van der Waals surface area (Å²) in [4.78, 5) is 2.51. The molecule has 0 aliphatic heterocycles. The van der Waals surface area contributed by atoms with E-state index in [-0.39, 0.29) is 12.1 Å². The maximum Gasteiger partial charge on any atom is 0.118 e. The highest BCUT2D eigenvalue weighted by Gasteiger charge is 2.27. The average molecular weight is 278 g/mol. The molecule has 0 aliphatic rings. The Bertz CT molecular complexity index is 377. The third kappa shape index (κ3) is 3.97. The van der Waals surface area contributed by atoms with Crippen LogP contribution in [0, 0.1) is 0 Å². The van der Waals surface area contributed by atoms with Gasteiger partial charge in [-0.05, 0) is 44.0 Å². The van der Waals surface area contributed by atoms with E-state index in [2.05, 4.69) is 44.7 Å². The lowest BCUT2D eigenvalue weighted by Crippen LogP contribution is -2.44. The van der Waals surface area contributed by atoms with Crippen LogP contribution < -0.4 is 10.5 Å². The molecule has 3 nitrogen and oxygen atoms in total. The smallest absolute Gasteiger partial charge is 0.118 e. The lowest BCUT2D eigenvalue weighted by atomic mass is 9.94. The molecule has 0 heterocycles. The molecule has 0 aliphatic carbocycles. The molecule has 0 saturated carbocycles. The van der Waals surface area contributed by atoms with Crippen molar-refractivity contribution < 1.29 is 4.74 Å². The summed E-state index contributed by atoms with van der Waals surface area (Å²) in [5.41, 5.74) is 7.70. The van der Waals surface area contributed by atoms with E-state index in [0.29, 0.717) is 6.04 Å². The van der Waals surface area contributed by atoms with E-state index in [1.807, 2.05) is 12.1 Å². The fourth-order valence-electron chi connectivity index (χ4n) is 2.73. The van der Waals surface area contributed by atoms with Crippen LogP contribution in [0.25, 0.3) is 0 Å². The van der Waals surface area contributed by atoms with Gasteiger partial charge in [-0.25, -0.2) is 0 Å². The lowest BCUT2D eigenvalue weighted by molar-refractivity contribution is 0.125. The number of rotatable bonds is 8. The van der Waals surface area contributed by atoms with E-state index in [9.17, 15) is 0 Å². The second-order valence-electron chi connectivity index (χ2n) is 5.38. The summed E-state index contributed by atoms with van der Waals surface area (Å²) < 4.78 is 5.25. The van der Waals surface area contributed by atoms with Crippen molar-refractivity contribution in [2.75, 3.05) is 13.7 Å². The molecule has 0 fully saturated rings. The van der Waals surface area contributed by atoms with E-state index < -0.39 is 0 Å². The highest BCUT2D eigenvalue weighted by atomic mass is 16.5. The number of benzene rings is 1. The van der Waals surface area contributed by atoms with Crippen molar-refractivity contribution in [2.24, 2.45) is 5.73 Å². The van der Waals surface area contributed by atoms with Crippen LogP contribution in [0.15, 0.2) is 24.3 Å². The number of nitrogens with two attached hydrogens (primary N) is 1. The van der Waals surface area contributed by atoms with Gasteiger partial charge in [0.1, 0.15) is 5.75 Å². The quantitative estimate of drug-likeness (QED) is 0.789. The van der Waals surface area contributed by atoms with E-state index >= 15 is 0 Å². The van der Waals surface area contributed by atoms with Gasteiger partial charge in [0.25, 0.3) is 0 Å². The molecule has 0 spiro atoms. The molecule has 0 bridgehead atoms. The topological polar surface area (TPSA) is 38.5 Å². The van der Waals surface area contributed by atoms with Crippen molar-refractivity contribution in [3.8, 4) is 5.75 Å². The van der Waals surface area contributed by atoms with Crippen molar-refractivity contribution in [1.29, 1.82) is 0 Å². The first-order valence-electron chi connectivity index (χ1n) is 7.74. The highest BCUT2D eigenvalue weighted by molar-refractivity contribution is 5.30. The van der Waals surface area contributed by atoms with Gasteiger partial charge in [0.2, 0.25) is 0 Å². The summed E-state index contributed by atoms with van der Waals surface area (Å²) in [5.74, 6) is 0.893. The summed E-state index contributed by atoms with van der Waals surface area (Å²) in [7, 11) is 1.70. The number of hydrogen-bond donors (Lipinski definition) is 1. The molecule has 1 aromatic rings. The van der Waals surface area contributed by atoms with Crippen molar-refractivity contribution in [3.63, 3.8) is 0 Å². The number of likely N-dealkylation sites (N-methyl/N-ethyl adjacent to an activating group) is 1. The Hall–Kier alpha value is -1.06. The number of ether oxygens (including phenoxy) is 1. The first-order valence-corrected chi connectivity index (χ1v) is 7.74. The lowest BCUT2D eigenvalue weighted by Gasteiger charge is -2.39. The number of nitrogens with zero attached hydrogens (tertiary/aromatic N) is 1. The van der Waals surface area contributed by atoms with Crippen molar-refractivity contribution in [1.82, 2.24) is 4.90 Å². The predicted molar refractivity (Wildman–Crippen MR) is 86.1 cm³/mol. The summed E-state index contributed by atoms with van der Waals surface area (Å²) >= 11 is 0. The monoisotopic (exact) mass is 278 g/mol. The first kappa shape index (κ1) is 17.0. The molecule has 0 radical (unpaired) electrons. The Morgan fingerprint density at radius 3 is 2.10 bits per heavy atom. The zero-order valence-electron chi connectivity index (χ0n) is 13.6. The zero-order valence-corrected chi connectivity index (χ0v) is 13.6. The van der Waals surface area contributed by atoms with Crippen LogP contribution in [0.1, 0.15) is 52.1 Å². The minimum Gasteiger partial charge on any atom is -0.497 e. The van der Waals surface area contributed by atoms with Gasteiger partial charge in [0.05, 0.1) is 13.2 Å². The zero-order chi connectivity index (χ0) is 15.1. The van der Waals surface area contributed by atoms with Crippen LogP contribution in [0.2, 0.25) is 0 Å². The molecule has 1 aromatic carbocycles. The van der Waals surface area contributed by atoms with Crippen molar-refractivity contribution in [2.45, 2.75) is 58.7 Å². The molecule has 0 aromatic heterocycles. The maximum absolute atomic E-state index is 6.42. The molecule has 20 heavy (non-hydrogen) atoms. The van der Waals surface area contributed by atoms with Gasteiger partial charge < -0.3 is 10.5 Å². The Balaban J connectivity index is 3.09. The fraction of sp³-hybridized carbons (Fsp3) is 0.647. The van der Waals surface area contributed by atoms with Gasteiger partial charge in [0, 0.05) is 12.1 Å². The van der Waals surface area contributed by atoms with Crippen LogP contribution in [0.3, 0.4) is 0 Å². The molecule has 0 saturated heterocycles. The second-order valence-corrected chi connectivity index (χ2v) is 5.38. The van der Waals surface area contributed by atoms with Gasteiger partial charge >= 0.3 is 0 Å². The number of hydrogen-bond acceptors (Lipinski definition) is 3. The molecular weight excluding hydrogens is 248 g/mol. The Labute approximate surface area is 124 Å². The predicted octanol–water partition coefficient (Wildman–Crippen LogP) is 3.59. The molecule has 3 atom stereocenters.